The summed E-state index contributed by atoms with van der Waals surface area (Å²) in [6.45, 7) is 4.09. The third kappa shape index (κ3) is 17.4. The van der Waals surface area contributed by atoms with Crippen LogP contribution in [0.15, 0.2) is 0 Å². The van der Waals surface area contributed by atoms with Gasteiger partial charge >= 0.3 is 5.97 Å². The van der Waals surface area contributed by atoms with E-state index in [1.807, 2.05) is 6.92 Å². The van der Waals surface area contributed by atoms with Gasteiger partial charge in [-0.25, -0.2) is 0 Å². The molecule has 0 fully saturated rings. The van der Waals surface area contributed by atoms with E-state index in [0.29, 0.717) is 6.61 Å². The Balaban J connectivity index is 3.01. The molecule has 3 nitrogen and oxygen atoms in total. The molecule has 1 atom stereocenters. The fourth-order valence-electron chi connectivity index (χ4n) is 2.49. The average Bonchev–Trinajstić information content (AvgIpc) is 2.46. The van der Waals surface area contributed by atoms with Gasteiger partial charge in [-0.15, -0.1) is 0 Å². The van der Waals surface area contributed by atoms with Crippen LogP contribution in [0.4, 0.5) is 0 Å². The number of hydrogen-bond donors (Lipinski definition) is 1. The Bertz CT molecular complexity index is 229. The highest BCUT2D eigenvalue weighted by molar-refractivity contribution is 5.65. The zero-order chi connectivity index (χ0) is 15.8. The van der Waals surface area contributed by atoms with Crippen LogP contribution in [0.25, 0.3) is 0 Å². The minimum Gasteiger partial charge on any atom is -0.466 e. The number of carbonyl (C=O) groups excluding carboxylic acids is 1. The molecule has 0 amide bonds. The Labute approximate surface area is 131 Å². The highest BCUT2D eigenvalue weighted by Gasteiger charge is 1.99. The van der Waals surface area contributed by atoms with Crippen molar-refractivity contribution >= 4 is 5.97 Å². The van der Waals surface area contributed by atoms with Gasteiger partial charge in [0.05, 0.1) is 12.7 Å². The van der Waals surface area contributed by atoms with Crippen LogP contribution in [0.2, 0.25) is 0 Å². The highest BCUT2D eigenvalue weighted by atomic mass is 16.5. The normalized spacial score (nSPS) is 12.3. The van der Waals surface area contributed by atoms with Crippen molar-refractivity contribution in [1.29, 1.82) is 0 Å². The second-order valence-electron chi connectivity index (χ2n) is 6.08. The number of aliphatic hydroxyl groups excluding tert-OH is 1. The van der Waals surface area contributed by atoms with E-state index in [2.05, 4.69) is 0 Å². The quantitative estimate of drug-likeness (QED) is 0.342. The van der Waals surface area contributed by atoms with Crippen LogP contribution >= 0.6 is 0 Å². The van der Waals surface area contributed by atoms with Crippen molar-refractivity contribution in [1.82, 2.24) is 0 Å². The lowest BCUT2D eigenvalue weighted by Crippen LogP contribution is -2.03. The molecule has 0 heterocycles. The zero-order valence-corrected chi connectivity index (χ0v) is 14.2. The van der Waals surface area contributed by atoms with Gasteiger partial charge in [0.2, 0.25) is 0 Å². The van der Waals surface area contributed by atoms with E-state index in [1.54, 1.807) is 0 Å². The first-order chi connectivity index (χ1) is 10.2. The number of carbonyl (C=O) groups is 1. The molecule has 0 aromatic carbocycles. The monoisotopic (exact) mass is 300 g/mol. The molecule has 0 spiro atoms. The molecular weight excluding hydrogens is 264 g/mol. The van der Waals surface area contributed by atoms with Crippen molar-refractivity contribution in [3.63, 3.8) is 0 Å². The van der Waals surface area contributed by atoms with Gasteiger partial charge in [-0.1, -0.05) is 71.1 Å². The first-order valence-electron chi connectivity index (χ1n) is 8.98. The standard InChI is InChI=1S/C18H36O3/c1-3-18(20)15-13-11-9-7-5-4-6-8-10-12-14-16-21-17(2)19/h18,20H,3-16H2,1-2H3. The molecule has 3 heteroatoms. The summed E-state index contributed by atoms with van der Waals surface area (Å²) in [5, 5.41) is 9.44. The van der Waals surface area contributed by atoms with E-state index in [-0.39, 0.29) is 12.1 Å². The Morgan fingerprint density at radius 1 is 0.857 bits per heavy atom. The summed E-state index contributed by atoms with van der Waals surface area (Å²) >= 11 is 0. The summed E-state index contributed by atoms with van der Waals surface area (Å²) in [5.41, 5.74) is 0. The van der Waals surface area contributed by atoms with Crippen molar-refractivity contribution in [2.24, 2.45) is 0 Å². The van der Waals surface area contributed by atoms with Crippen molar-refractivity contribution in [2.45, 2.75) is 103 Å². The van der Waals surface area contributed by atoms with Gasteiger partial charge in [0, 0.05) is 6.92 Å². The van der Waals surface area contributed by atoms with E-state index in [1.165, 1.54) is 71.1 Å². The predicted octanol–water partition coefficient (Wildman–Crippen LogP) is 5.00. The van der Waals surface area contributed by atoms with Crippen LogP contribution in [0, 0.1) is 0 Å². The lowest BCUT2D eigenvalue weighted by molar-refractivity contribution is -0.141. The minimum atomic E-state index is -0.167. The molecule has 0 aliphatic heterocycles. The maximum absolute atomic E-state index is 10.6. The van der Waals surface area contributed by atoms with Crippen molar-refractivity contribution < 1.29 is 14.6 Å². The fourth-order valence-corrected chi connectivity index (χ4v) is 2.49. The van der Waals surface area contributed by atoms with E-state index in [9.17, 15) is 9.90 Å². The molecule has 1 unspecified atom stereocenters. The average molecular weight is 300 g/mol. The molecule has 0 rings (SSSR count). The van der Waals surface area contributed by atoms with Crippen molar-refractivity contribution in [2.75, 3.05) is 6.61 Å². The summed E-state index contributed by atoms with van der Waals surface area (Å²) < 4.78 is 4.90. The molecule has 0 aliphatic carbocycles. The number of ether oxygens (including phenoxy) is 1. The maximum atomic E-state index is 10.6. The van der Waals surface area contributed by atoms with Crippen LogP contribution in [0.1, 0.15) is 97.3 Å². The second-order valence-corrected chi connectivity index (χ2v) is 6.08. The van der Waals surface area contributed by atoms with Gasteiger partial charge in [0.15, 0.2) is 0 Å². The van der Waals surface area contributed by atoms with Gasteiger partial charge in [-0.2, -0.15) is 0 Å². The third-order valence-corrected chi connectivity index (χ3v) is 3.96. The predicted molar refractivity (Wildman–Crippen MR) is 88.3 cm³/mol. The SMILES string of the molecule is CCC(O)CCCCCCCCCCCCCOC(C)=O. The van der Waals surface area contributed by atoms with E-state index in [4.69, 9.17) is 4.74 Å². The van der Waals surface area contributed by atoms with Gasteiger partial charge in [0.25, 0.3) is 0 Å². The molecule has 0 aromatic rings. The molecule has 0 saturated heterocycles. The summed E-state index contributed by atoms with van der Waals surface area (Å²) in [6.07, 6.45) is 15.7. The van der Waals surface area contributed by atoms with Crippen molar-refractivity contribution in [3.8, 4) is 0 Å². The lowest BCUT2D eigenvalue weighted by atomic mass is 10.0. The topological polar surface area (TPSA) is 46.5 Å². The van der Waals surface area contributed by atoms with Crippen LogP contribution < -0.4 is 0 Å². The van der Waals surface area contributed by atoms with Crippen LogP contribution in [-0.2, 0) is 9.53 Å². The smallest absolute Gasteiger partial charge is 0.302 e. The molecule has 0 saturated carbocycles. The Kier molecular flexibility index (Phi) is 15.4. The summed E-state index contributed by atoms with van der Waals surface area (Å²) in [5.74, 6) is -0.167. The number of aliphatic hydroxyl groups is 1. The minimum absolute atomic E-state index is 0.0779. The molecular formula is C18H36O3. The number of hydrogen-bond acceptors (Lipinski definition) is 3. The van der Waals surface area contributed by atoms with Crippen molar-refractivity contribution in [3.05, 3.63) is 0 Å². The molecule has 0 aliphatic rings. The molecule has 0 radical (unpaired) electrons. The fraction of sp³-hybridized carbons (Fsp3) is 0.944. The third-order valence-electron chi connectivity index (χ3n) is 3.96. The number of unbranched alkanes of at least 4 members (excludes halogenated alkanes) is 10. The van der Waals surface area contributed by atoms with E-state index >= 15 is 0 Å². The van der Waals surface area contributed by atoms with E-state index in [0.717, 1.165) is 19.3 Å². The Hall–Kier alpha value is -0.570. The largest absolute Gasteiger partial charge is 0.466 e. The first kappa shape index (κ1) is 20.4. The molecule has 1 N–H and O–H groups in total. The van der Waals surface area contributed by atoms with Gasteiger partial charge in [-0.3, -0.25) is 4.79 Å². The number of esters is 1. The van der Waals surface area contributed by atoms with Gasteiger partial charge in [0.1, 0.15) is 0 Å². The molecule has 126 valence electrons. The summed E-state index contributed by atoms with van der Waals surface area (Å²) in [4.78, 5) is 10.6. The maximum Gasteiger partial charge on any atom is 0.302 e. The number of rotatable bonds is 15. The van der Waals surface area contributed by atoms with E-state index < -0.39 is 0 Å². The van der Waals surface area contributed by atoms with Crippen LogP contribution in [0.3, 0.4) is 0 Å². The summed E-state index contributed by atoms with van der Waals surface area (Å²) in [6, 6.07) is 0. The Morgan fingerprint density at radius 2 is 1.29 bits per heavy atom. The molecule has 0 aromatic heterocycles. The van der Waals surface area contributed by atoms with Gasteiger partial charge in [-0.05, 0) is 19.3 Å². The molecule has 0 bridgehead atoms. The van der Waals surface area contributed by atoms with Gasteiger partial charge < -0.3 is 9.84 Å². The lowest BCUT2D eigenvalue weighted by Gasteiger charge is -2.06. The molecule has 21 heavy (non-hydrogen) atoms. The highest BCUT2D eigenvalue weighted by Crippen LogP contribution is 2.13. The zero-order valence-electron chi connectivity index (χ0n) is 14.2. The van der Waals surface area contributed by atoms with Crippen LogP contribution in [0.5, 0.6) is 0 Å². The van der Waals surface area contributed by atoms with Crippen LogP contribution in [-0.4, -0.2) is 23.8 Å². The Morgan fingerprint density at radius 3 is 1.71 bits per heavy atom. The second kappa shape index (κ2) is 15.8. The summed E-state index contributed by atoms with van der Waals surface area (Å²) in [7, 11) is 0. The first-order valence-corrected chi connectivity index (χ1v) is 8.98.